The van der Waals surface area contributed by atoms with E-state index in [1.165, 1.54) is 4.90 Å². The maximum atomic E-state index is 12.2. The molecule has 2 rings (SSSR count). The second-order valence-electron chi connectivity index (χ2n) is 6.57. The number of hydrogen-bond donors (Lipinski definition) is 2. The number of aromatic nitrogens is 2. The molecule has 1 heterocycles. The predicted molar refractivity (Wildman–Crippen MR) is 98.9 cm³/mol. The van der Waals surface area contributed by atoms with Crippen molar-refractivity contribution >= 4 is 12.0 Å². The lowest BCUT2D eigenvalue weighted by atomic mass is 10.2. The third-order valence-corrected chi connectivity index (χ3v) is 4.44. The topological polar surface area (TPSA) is 87.5 Å². The van der Waals surface area contributed by atoms with Crippen LogP contribution in [0, 0.1) is 19.8 Å². The van der Waals surface area contributed by atoms with Gasteiger partial charge in [0.1, 0.15) is 0 Å². The summed E-state index contributed by atoms with van der Waals surface area (Å²) in [6, 6.07) is 9.78. The third-order valence-electron chi connectivity index (χ3n) is 4.44. The van der Waals surface area contributed by atoms with Crippen molar-refractivity contribution in [3.63, 3.8) is 0 Å². The summed E-state index contributed by atoms with van der Waals surface area (Å²) in [6.07, 6.45) is 0. The average molecular weight is 358 g/mol. The number of carboxylic acid groups (broad SMARTS) is 1. The van der Waals surface area contributed by atoms with Crippen molar-refractivity contribution in [3.05, 3.63) is 52.8 Å². The number of carbonyl (C=O) groups is 2. The van der Waals surface area contributed by atoms with Crippen LogP contribution in [0.5, 0.6) is 0 Å². The fraction of sp³-hybridized carbons (Fsp3) is 0.421. The van der Waals surface area contributed by atoms with Gasteiger partial charge in [0.15, 0.2) is 0 Å². The number of carbonyl (C=O) groups excluding carboxylic acids is 1. The Bertz CT molecular complexity index is 771. The summed E-state index contributed by atoms with van der Waals surface area (Å²) in [6.45, 7) is 6.68. The van der Waals surface area contributed by atoms with E-state index >= 15 is 0 Å². The summed E-state index contributed by atoms with van der Waals surface area (Å²) in [4.78, 5) is 24.5. The van der Waals surface area contributed by atoms with Gasteiger partial charge in [0, 0.05) is 31.4 Å². The number of nitrogens with one attached hydrogen (secondary N) is 1. The van der Waals surface area contributed by atoms with Crippen LogP contribution in [0.2, 0.25) is 0 Å². The van der Waals surface area contributed by atoms with E-state index in [-0.39, 0.29) is 12.6 Å². The van der Waals surface area contributed by atoms with Gasteiger partial charge in [0.2, 0.25) is 0 Å². The molecule has 1 atom stereocenters. The number of rotatable bonds is 7. The normalized spacial score (nSPS) is 11.8. The molecule has 0 aliphatic rings. The van der Waals surface area contributed by atoms with E-state index in [9.17, 15) is 9.59 Å². The van der Waals surface area contributed by atoms with Gasteiger partial charge in [-0.3, -0.25) is 9.48 Å². The first kappa shape index (κ1) is 19.5. The van der Waals surface area contributed by atoms with Gasteiger partial charge in [0.05, 0.1) is 18.2 Å². The van der Waals surface area contributed by atoms with Crippen molar-refractivity contribution in [2.75, 3.05) is 13.6 Å². The lowest BCUT2D eigenvalue weighted by Gasteiger charge is -2.20. The first-order valence-electron chi connectivity index (χ1n) is 8.58. The van der Waals surface area contributed by atoms with Crippen molar-refractivity contribution in [1.29, 1.82) is 0 Å². The van der Waals surface area contributed by atoms with Crippen molar-refractivity contribution in [1.82, 2.24) is 20.0 Å². The smallest absolute Gasteiger partial charge is 0.317 e. The Kier molecular flexibility index (Phi) is 6.38. The highest BCUT2D eigenvalue weighted by atomic mass is 16.4. The molecule has 2 amide bonds. The first-order chi connectivity index (χ1) is 12.3. The summed E-state index contributed by atoms with van der Waals surface area (Å²) in [7, 11) is 1.59. The minimum Gasteiger partial charge on any atom is -0.481 e. The number of nitrogens with zero attached hydrogens (tertiary/aromatic N) is 3. The summed E-state index contributed by atoms with van der Waals surface area (Å²) in [5, 5.41) is 16.4. The molecule has 2 aromatic rings. The minimum atomic E-state index is -0.918. The maximum absolute atomic E-state index is 12.2. The Morgan fingerprint density at radius 3 is 2.54 bits per heavy atom. The number of aliphatic carboxylic acids is 1. The number of aryl methyl sites for hydroxylation is 1. The van der Waals surface area contributed by atoms with E-state index in [4.69, 9.17) is 5.11 Å². The second-order valence-corrected chi connectivity index (χ2v) is 6.57. The minimum absolute atomic E-state index is 0.159. The van der Waals surface area contributed by atoms with Crippen LogP contribution in [0.25, 0.3) is 0 Å². The van der Waals surface area contributed by atoms with Crippen molar-refractivity contribution < 1.29 is 14.7 Å². The highest BCUT2D eigenvalue weighted by molar-refractivity contribution is 5.75. The lowest BCUT2D eigenvalue weighted by molar-refractivity contribution is -0.141. The van der Waals surface area contributed by atoms with Gasteiger partial charge in [-0.2, -0.15) is 5.10 Å². The van der Waals surface area contributed by atoms with Crippen LogP contribution in [-0.2, 0) is 17.9 Å². The number of hydrogen-bond acceptors (Lipinski definition) is 3. The fourth-order valence-corrected chi connectivity index (χ4v) is 2.77. The largest absolute Gasteiger partial charge is 0.481 e. The molecule has 7 nitrogen and oxygen atoms in total. The molecule has 0 aliphatic heterocycles. The zero-order chi connectivity index (χ0) is 19.3. The maximum Gasteiger partial charge on any atom is 0.317 e. The van der Waals surface area contributed by atoms with Crippen molar-refractivity contribution in [3.8, 4) is 0 Å². The number of amides is 2. The molecule has 0 fully saturated rings. The van der Waals surface area contributed by atoms with E-state index in [0.717, 1.165) is 22.5 Å². The van der Waals surface area contributed by atoms with E-state index in [1.807, 2.05) is 36.7 Å². The van der Waals surface area contributed by atoms with Crippen LogP contribution in [0.3, 0.4) is 0 Å². The van der Waals surface area contributed by atoms with Gasteiger partial charge < -0.3 is 15.3 Å². The molecule has 0 bridgehead atoms. The zero-order valence-electron chi connectivity index (χ0n) is 15.7. The molecule has 0 spiro atoms. The molecule has 2 N–H and O–H groups in total. The summed E-state index contributed by atoms with van der Waals surface area (Å²) >= 11 is 0. The quantitative estimate of drug-likeness (QED) is 0.796. The Labute approximate surface area is 153 Å². The Balaban J connectivity index is 1.99. The standard InChI is InChI=1S/C19H26N4O3/c1-13(18(24)25)11-22(4)19(26)20-10-17-14(2)21-23(15(17)3)12-16-8-6-5-7-9-16/h5-9,13H,10-12H2,1-4H3,(H,20,26)(H,24,25). The summed E-state index contributed by atoms with van der Waals surface area (Å²) < 4.78 is 1.93. The Hall–Kier alpha value is -2.83. The molecular weight excluding hydrogens is 332 g/mol. The molecule has 0 aliphatic carbocycles. The predicted octanol–water partition coefficient (Wildman–Crippen LogP) is 2.41. The van der Waals surface area contributed by atoms with Gasteiger partial charge in [-0.1, -0.05) is 37.3 Å². The van der Waals surface area contributed by atoms with Gasteiger partial charge in [-0.05, 0) is 19.4 Å². The van der Waals surface area contributed by atoms with Crippen molar-refractivity contribution in [2.24, 2.45) is 5.92 Å². The fourth-order valence-electron chi connectivity index (χ4n) is 2.77. The molecule has 1 aromatic carbocycles. The van der Waals surface area contributed by atoms with Crippen LogP contribution < -0.4 is 5.32 Å². The number of benzene rings is 1. The summed E-state index contributed by atoms with van der Waals surface area (Å²) in [5.41, 5.74) is 4.03. The molecule has 1 aromatic heterocycles. The zero-order valence-corrected chi connectivity index (χ0v) is 15.7. The van der Waals surface area contributed by atoms with Gasteiger partial charge >= 0.3 is 12.0 Å². The first-order valence-corrected chi connectivity index (χ1v) is 8.58. The van der Waals surface area contributed by atoms with Crippen LogP contribution in [-0.4, -0.2) is 45.4 Å². The highest BCUT2D eigenvalue weighted by Crippen LogP contribution is 2.15. The van der Waals surface area contributed by atoms with E-state index < -0.39 is 11.9 Å². The molecule has 7 heteroatoms. The van der Waals surface area contributed by atoms with E-state index in [1.54, 1.807) is 14.0 Å². The third kappa shape index (κ3) is 4.84. The summed E-state index contributed by atoms with van der Waals surface area (Å²) in [5.74, 6) is -1.53. The molecular formula is C19H26N4O3. The SMILES string of the molecule is Cc1nn(Cc2ccccc2)c(C)c1CNC(=O)N(C)CC(C)C(=O)O. The number of urea groups is 1. The second kappa shape index (κ2) is 8.51. The molecule has 0 saturated carbocycles. The van der Waals surface area contributed by atoms with Crippen LogP contribution in [0.1, 0.15) is 29.4 Å². The van der Waals surface area contributed by atoms with E-state index in [2.05, 4.69) is 22.5 Å². The van der Waals surface area contributed by atoms with Gasteiger partial charge in [-0.15, -0.1) is 0 Å². The average Bonchev–Trinajstić information content (AvgIpc) is 2.86. The molecule has 0 radical (unpaired) electrons. The van der Waals surface area contributed by atoms with Gasteiger partial charge in [-0.25, -0.2) is 4.79 Å². The van der Waals surface area contributed by atoms with Crippen LogP contribution in [0.4, 0.5) is 4.79 Å². The molecule has 1 unspecified atom stereocenters. The Morgan fingerprint density at radius 2 is 1.92 bits per heavy atom. The van der Waals surface area contributed by atoms with Crippen LogP contribution >= 0.6 is 0 Å². The Morgan fingerprint density at radius 1 is 1.27 bits per heavy atom. The number of carboxylic acids is 1. The van der Waals surface area contributed by atoms with Gasteiger partial charge in [0.25, 0.3) is 0 Å². The highest BCUT2D eigenvalue weighted by Gasteiger charge is 2.18. The monoisotopic (exact) mass is 358 g/mol. The molecule has 140 valence electrons. The molecule has 0 saturated heterocycles. The lowest BCUT2D eigenvalue weighted by Crippen LogP contribution is -2.40. The van der Waals surface area contributed by atoms with Crippen molar-refractivity contribution in [2.45, 2.75) is 33.9 Å². The van der Waals surface area contributed by atoms with E-state index in [0.29, 0.717) is 13.1 Å². The van der Waals surface area contributed by atoms with Crippen LogP contribution in [0.15, 0.2) is 30.3 Å². The molecule has 26 heavy (non-hydrogen) atoms.